The van der Waals surface area contributed by atoms with E-state index < -0.39 is 17.7 Å². The minimum absolute atomic E-state index is 0.00568. The summed E-state index contributed by atoms with van der Waals surface area (Å²) in [7, 11) is 0. The van der Waals surface area contributed by atoms with E-state index in [1.165, 1.54) is 17.1 Å². The number of hydrogen-bond acceptors (Lipinski definition) is 4. The number of fused-ring (bicyclic) bond motifs is 1. The molecular formula is C29H29F2N5O. The fourth-order valence-electron chi connectivity index (χ4n) is 6.84. The topological polar surface area (TPSA) is 74.3 Å². The SMILES string of the molecule is N#Cc1ccc2c(cnn2CCCCCCC23CC(C(=O)N4N=CCC4c4cc(F)cc(F)c4)(C2)C3)c1. The highest BCUT2D eigenvalue weighted by atomic mass is 19.1. The van der Waals surface area contributed by atoms with Crippen LogP contribution in [0.1, 0.15) is 75.0 Å². The first kappa shape index (κ1) is 23.8. The zero-order valence-corrected chi connectivity index (χ0v) is 20.7. The Morgan fingerprint density at radius 1 is 1.05 bits per heavy atom. The number of aromatic nitrogens is 2. The summed E-state index contributed by atoms with van der Waals surface area (Å²) >= 11 is 0. The van der Waals surface area contributed by atoms with Crippen molar-refractivity contribution in [3.8, 4) is 6.07 Å². The number of amides is 1. The molecule has 1 amide bonds. The largest absolute Gasteiger partial charge is 0.272 e. The zero-order chi connectivity index (χ0) is 25.6. The molecule has 0 N–H and O–H groups in total. The van der Waals surface area contributed by atoms with Crippen LogP contribution in [-0.4, -0.2) is 26.9 Å². The number of carbonyl (C=O) groups is 1. The average Bonchev–Trinajstić information content (AvgIpc) is 3.47. The molecule has 8 heteroatoms. The molecule has 4 aliphatic rings. The third kappa shape index (κ3) is 4.20. The third-order valence-corrected chi connectivity index (χ3v) is 8.50. The minimum atomic E-state index is -0.633. The van der Waals surface area contributed by atoms with Gasteiger partial charge in [0.05, 0.1) is 34.8 Å². The summed E-state index contributed by atoms with van der Waals surface area (Å²) in [6.07, 6.45) is 12.3. The van der Waals surface area contributed by atoms with Crippen molar-refractivity contribution in [3.05, 3.63) is 65.4 Å². The quantitative estimate of drug-likeness (QED) is 0.325. The van der Waals surface area contributed by atoms with E-state index in [4.69, 9.17) is 5.26 Å². The van der Waals surface area contributed by atoms with E-state index in [0.29, 0.717) is 17.5 Å². The first-order valence-corrected chi connectivity index (χ1v) is 13.1. The smallest absolute Gasteiger partial charge is 0.249 e. The number of hydrogen-bond donors (Lipinski definition) is 0. The predicted octanol–water partition coefficient (Wildman–Crippen LogP) is 6.27. The van der Waals surface area contributed by atoms with E-state index >= 15 is 0 Å². The van der Waals surface area contributed by atoms with E-state index in [0.717, 1.165) is 74.9 Å². The van der Waals surface area contributed by atoms with Gasteiger partial charge in [0, 0.05) is 30.6 Å². The Balaban J connectivity index is 0.947. The lowest BCUT2D eigenvalue weighted by Crippen LogP contribution is -2.67. The molecule has 0 spiro atoms. The monoisotopic (exact) mass is 501 g/mol. The van der Waals surface area contributed by atoms with E-state index in [-0.39, 0.29) is 16.7 Å². The molecule has 37 heavy (non-hydrogen) atoms. The van der Waals surface area contributed by atoms with Gasteiger partial charge in [0.1, 0.15) is 11.6 Å². The van der Waals surface area contributed by atoms with Gasteiger partial charge in [-0.2, -0.15) is 15.5 Å². The van der Waals surface area contributed by atoms with Gasteiger partial charge >= 0.3 is 0 Å². The minimum Gasteiger partial charge on any atom is -0.272 e. The van der Waals surface area contributed by atoms with Gasteiger partial charge in [-0.15, -0.1) is 0 Å². The average molecular weight is 502 g/mol. The molecule has 1 aromatic heterocycles. The predicted molar refractivity (Wildman–Crippen MR) is 135 cm³/mol. The number of nitrogens with zero attached hydrogens (tertiary/aromatic N) is 5. The molecule has 0 radical (unpaired) electrons. The summed E-state index contributed by atoms with van der Waals surface area (Å²) in [5.41, 5.74) is 2.13. The Bertz CT molecular complexity index is 1400. The molecule has 1 aliphatic heterocycles. The normalized spacial score (nSPS) is 25.6. The fraction of sp³-hybridized carbons (Fsp3) is 0.448. The van der Waals surface area contributed by atoms with E-state index in [9.17, 15) is 13.6 Å². The lowest BCUT2D eigenvalue weighted by molar-refractivity contribution is -0.220. The van der Waals surface area contributed by atoms with Crippen LogP contribution in [0, 0.1) is 33.8 Å². The summed E-state index contributed by atoms with van der Waals surface area (Å²) in [6, 6.07) is 10.9. The van der Waals surface area contributed by atoms with Crippen LogP contribution in [0.4, 0.5) is 8.78 Å². The van der Waals surface area contributed by atoms with Crippen LogP contribution in [0.5, 0.6) is 0 Å². The van der Waals surface area contributed by atoms with Crippen molar-refractivity contribution in [3.63, 3.8) is 0 Å². The molecule has 3 aliphatic carbocycles. The van der Waals surface area contributed by atoms with Crippen LogP contribution < -0.4 is 0 Å². The van der Waals surface area contributed by atoms with Gasteiger partial charge < -0.3 is 0 Å². The van der Waals surface area contributed by atoms with Gasteiger partial charge in [-0.3, -0.25) is 9.48 Å². The summed E-state index contributed by atoms with van der Waals surface area (Å²) in [5.74, 6) is -1.26. The van der Waals surface area contributed by atoms with E-state index in [2.05, 4.69) is 16.3 Å². The van der Waals surface area contributed by atoms with Crippen LogP contribution in [0.3, 0.4) is 0 Å². The number of unbranched alkanes of at least 4 members (excludes halogenated alkanes) is 3. The van der Waals surface area contributed by atoms with E-state index in [1.807, 2.05) is 29.1 Å². The van der Waals surface area contributed by atoms with Crippen molar-refractivity contribution >= 4 is 23.0 Å². The Kier molecular flexibility index (Phi) is 5.82. The molecule has 7 rings (SSSR count). The maximum atomic E-state index is 13.7. The number of carbonyl (C=O) groups excluding carboxylic acids is 1. The summed E-state index contributed by atoms with van der Waals surface area (Å²) < 4.78 is 29.5. The molecule has 2 heterocycles. The highest BCUT2D eigenvalue weighted by Crippen LogP contribution is 2.76. The Morgan fingerprint density at radius 3 is 2.57 bits per heavy atom. The highest BCUT2D eigenvalue weighted by Gasteiger charge is 2.71. The molecule has 1 unspecified atom stereocenters. The molecule has 2 bridgehead atoms. The number of halogens is 2. The highest BCUT2D eigenvalue weighted by molar-refractivity contribution is 5.88. The maximum Gasteiger partial charge on any atom is 0.249 e. The van der Waals surface area contributed by atoms with Gasteiger partial charge in [-0.25, -0.2) is 13.8 Å². The van der Waals surface area contributed by atoms with Crippen molar-refractivity contribution in [1.29, 1.82) is 5.26 Å². The third-order valence-electron chi connectivity index (χ3n) is 8.50. The Hall–Kier alpha value is -3.60. The van der Waals surface area contributed by atoms with Crippen LogP contribution in [0.15, 0.2) is 47.7 Å². The molecule has 190 valence electrons. The molecule has 3 fully saturated rings. The number of nitriles is 1. The molecule has 0 saturated heterocycles. The van der Waals surface area contributed by atoms with Gasteiger partial charge in [-0.05, 0) is 73.4 Å². The van der Waals surface area contributed by atoms with E-state index in [1.54, 1.807) is 6.21 Å². The van der Waals surface area contributed by atoms with Gasteiger partial charge in [-0.1, -0.05) is 19.3 Å². The maximum absolute atomic E-state index is 13.7. The summed E-state index contributed by atoms with van der Waals surface area (Å²) in [6.45, 7) is 0.866. The summed E-state index contributed by atoms with van der Waals surface area (Å²) in [5, 5.41) is 20.3. The zero-order valence-electron chi connectivity index (χ0n) is 20.7. The summed E-state index contributed by atoms with van der Waals surface area (Å²) in [4.78, 5) is 13.3. The second kappa shape index (κ2) is 9.05. The Labute approximate surface area is 214 Å². The molecule has 6 nitrogen and oxygen atoms in total. The standard InChI is InChI=1S/C29H29F2N5O/c30-23-12-21(13-24(31)14-23)26-7-9-33-36(26)27(37)29-17-28(18-29,19-29)8-3-1-2-4-10-35-25-6-5-20(15-32)11-22(25)16-34-35/h5-6,9,11-14,16,26H,1-4,7-8,10,17-19H2. The second-order valence-electron chi connectivity index (χ2n) is 11.1. The first-order valence-electron chi connectivity index (χ1n) is 13.1. The van der Waals surface area contributed by atoms with Crippen molar-refractivity contribution in [2.45, 2.75) is 70.4 Å². The van der Waals surface area contributed by atoms with Crippen molar-refractivity contribution < 1.29 is 13.6 Å². The van der Waals surface area contributed by atoms with Crippen LogP contribution in [0.25, 0.3) is 10.9 Å². The lowest BCUT2D eigenvalue weighted by atomic mass is 9.33. The number of hydrazone groups is 1. The molecule has 1 atom stereocenters. The van der Waals surface area contributed by atoms with Gasteiger partial charge in [0.15, 0.2) is 0 Å². The van der Waals surface area contributed by atoms with Crippen molar-refractivity contribution in [2.75, 3.05) is 0 Å². The van der Waals surface area contributed by atoms with Crippen LogP contribution in [0.2, 0.25) is 0 Å². The molecule has 3 saturated carbocycles. The number of rotatable bonds is 9. The fourth-order valence-corrected chi connectivity index (χ4v) is 6.84. The van der Waals surface area contributed by atoms with Gasteiger partial charge in [0.2, 0.25) is 5.91 Å². The Morgan fingerprint density at radius 2 is 1.81 bits per heavy atom. The lowest BCUT2D eigenvalue weighted by Gasteiger charge is -2.70. The van der Waals surface area contributed by atoms with Crippen LogP contribution >= 0.6 is 0 Å². The first-order chi connectivity index (χ1) is 17.9. The van der Waals surface area contributed by atoms with Crippen LogP contribution in [-0.2, 0) is 11.3 Å². The molecule has 3 aromatic rings. The second-order valence-corrected chi connectivity index (χ2v) is 11.1. The van der Waals surface area contributed by atoms with Crippen molar-refractivity contribution in [1.82, 2.24) is 14.8 Å². The number of benzene rings is 2. The molecule has 2 aromatic carbocycles. The molecular weight excluding hydrogens is 472 g/mol. The van der Waals surface area contributed by atoms with Crippen molar-refractivity contribution in [2.24, 2.45) is 15.9 Å². The van der Waals surface area contributed by atoms with Gasteiger partial charge in [0.25, 0.3) is 0 Å². The number of aryl methyl sites for hydroxylation is 1.